The molecular weight excluding hydrogens is 364 g/mol. The molecule has 0 aliphatic rings. The van der Waals surface area contributed by atoms with Gasteiger partial charge in [0.05, 0.1) is 10.6 Å². The summed E-state index contributed by atoms with van der Waals surface area (Å²) in [6, 6.07) is 12.4. The molecule has 0 fully saturated rings. The first-order valence-electron chi connectivity index (χ1n) is 8.53. The minimum atomic E-state index is -3.52. The Morgan fingerprint density at radius 1 is 1.00 bits per heavy atom. The van der Waals surface area contributed by atoms with Crippen molar-refractivity contribution < 1.29 is 8.42 Å². The molecule has 0 amide bonds. The summed E-state index contributed by atoms with van der Waals surface area (Å²) < 4.78 is 28.8. The summed E-state index contributed by atoms with van der Waals surface area (Å²) in [5, 5.41) is 15.7. The molecule has 9 heteroatoms. The lowest BCUT2D eigenvalue weighted by Crippen LogP contribution is -2.29. The van der Waals surface area contributed by atoms with Crippen LogP contribution in [-0.2, 0) is 10.0 Å². The molecule has 3 aromatic rings. The molecule has 3 rings (SSSR count). The molecule has 0 spiro atoms. The SMILES string of the molecule is Cc1cccc(S(=O)(=O)NCCNc2ccc(-n3nc(C)cc3C)nn2)c1. The monoisotopic (exact) mass is 386 g/mol. The van der Waals surface area contributed by atoms with Crippen molar-refractivity contribution in [3.8, 4) is 5.82 Å². The van der Waals surface area contributed by atoms with Crippen LogP contribution in [0.3, 0.4) is 0 Å². The van der Waals surface area contributed by atoms with E-state index in [9.17, 15) is 8.42 Å². The molecule has 8 nitrogen and oxygen atoms in total. The fraction of sp³-hybridized carbons (Fsp3) is 0.278. The average molecular weight is 386 g/mol. The van der Waals surface area contributed by atoms with Gasteiger partial charge < -0.3 is 5.32 Å². The molecular formula is C18H22N6O2S. The first kappa shape index (κ1) is 19.0. The average Bonchev–Trinajstić information content (AvgIpc) is 2.97. The van der Waals surface area contributed by atoms with Crippen LogP contribution in [0.25, 0.3) is 5.82 Å². The van der Waals surface area contributed by atoms with Crippen molar-refractivity contribution in [2.45, 2.75) is 25.7 Å². The van der Waals surface area contributed by atoms with Gasteiger partial charge in [0.1, 0.15) is 5.82 Å². The van der Waals surface area contributed by atoms with Crippen LogP contribution in [-0.4, -0.2) is 41.5 Å². The molecule has 2 heterocycles. The topological polar surface area (TPSA) is 102 Å². The molecule has 0 unspecified atom stereocenters. The summed E-state index contributed by atoms with van der Waals surface area (Å²) in [6.45, 7) is 6.35. The number of nitrogens with zero attached hydrogens (tertiary/aromatic N) is 4. The van der Waals surface area contributed by atoms with E-state index < -0.39 is 10.0 Å². The second kappa shape index (κ2) is 7.85. The van der Waals surface area contributed by atoms with E-state index in [4.69, 9.17) is 0 Å². The molecule has 1 aromatic carbocycles. The molecule has 0 saturated heterocycles. The third-order valence-electron chi connectivity index (χ3n) is 3.90. The van der Waals surface area contributed by atoms with Gasteiger partial charge in [0.15, 0.2) is 5.82 Å². The smallest absolute Gasteiger partial charge is 0.240 e. The van der Waals surface area contributed by atoms with Crippen molar-refractivity contribution in [2.24, 2.45) is 0 Å². The van der Waals surface area contributed by atoms with Crippen LogP contribution in [0, 0.1) is 20.8 Å². The van der Waals surface area contributed by atoms with Gasteiger partial charge in [-0.15, -0.1) is 10.2 Å². The van der Waals surface area contributed by atoms with E-state index >= 15 is 0 Å². The van der Waals surface area contributed by atoms with Crippen LogP contribution in [0.2, 0.25) is 0 Å². The summed E-state index contributed by atoms with van der Waals surface area (Å²) in [5.41, 5.74) is 2.79. The van der Waals surface area contributed by atoms with Gasteiger partial charge >= 0.3 is 0 Å². The molecule has 2 aromatic heterocycles. The fourth-order valence-electron chi connectivity index (χ4n) is 2.64. The highest BCUT2D eigenvalue weighted by Gasteiger charge is 2.13. The molecule has 0 aliphatic heterocycles. The first-order valence-corrected chi connectivity index (χ1v) is 10.0. The van der Waals surface area contributed by atoms with Gasteiger partial charge in [-0.2, -0.15) is 5.10 Å². The zero-order valence-electron chi connectivity index (χ0n) is 15.5. The predicted molar refractivity (Wildman–Crippen MR) is 103 cm³/mol. The van der Waals surface area contributed by atoms with Gasteiger partial charge in [-0.05, 0) is 56.7 Å². The number of sulfonamides is 1. The predicted octanol–water partition coefficient (Wildman–Crippen LogP) is 1.98. The van der Waals surface area contributed by atoms with Crippen LogP contribution >= 0.6 is 0 Å². The standard InChI is InChI=1S/C18H22N6O2S/c1-13-5-4-6-16(11-13)27(25,26)20-10-9-19-17-7-8-18(22-21-17)24-15(3)12-14(2)23-24/h4-8,11-12,20H,9-10H2,1-3H3,(H,19,21). The van der Waals surface area contributed by atoms with Gasteiger partial charge in [0.2, 0.25) is 10.0 Å². The Kier molecular flexibility index (Phi) is 5.52. The van der Waals surface area contributed by atoms with E-state index in [0.717, 1.165) is 17.0 Å². The summed E-state index contributed by atoms with van der Waals surface area (Å²) in [4.78, 5) is 0.261. The highest BCUT2D eigenvalue weighted by molar-refractivity contribution is 7.89. The van der Waals surface area contributed by atoms with Crippen molar-refractivity contribution in [1.82, 2.24) is 24.7 Å². The lowest BCUT2D eigenvalue weighted by molar-refractivity contribution is 0.582. The number of hydrogen-bond acceptors (Lipinski definition) is 6. The van der Waals surface area contributed by atoms with Gasteiger partial charge in [0, 0.05) is 18.8 Å². The van der Waals surface area contributed by atoms with Crippen LogP contribution in [0.4, 0.5) is 5.82 Å². The van der Waals surface area contributed by atoms with E-state index in [1.165, 1.54) is 0 Å². The molecule has 142 valence electrons. The number of nitrogens with one attached hydrogen (secondary N) is 2. The fourth-order valence-corrected chi connectivity index (χ4v) is 3.77. The van der Waals surface area contributed by atoms with Crippen LogP contribution in [0.1, 0.15) is 17.0 Å². The normalized spacial score (nSPS) is 11.5. The van der Waals surface area contributed by atoms with Crippen molar-refractivity contribution in [2.75, 3.05) is 18.4 Å². The maximum absolute atomic E-state index is 12.3. The minimum absolute atomic E-state index is 0.233. The van der Waals surface area contributed by atoms with E-state index in [-0.39, 0.29) is 11.4 Å². The van der Waals surface area contributed by atoms with Crippen LogP contribution < -0.4 is 10.0 Å². The second-order valence-corrected chi connectivity index (χ2v) is 8.02. The maximum atomic E-state index is 12.3. The summed E-state index contributed by atoms with van der Waals surface area (Å²) in [7, 11) is -3.52. The molecule has 27 heavy (non-hydrogen) atoms. The first-order chi connectivity index (χ1) is 12.8. The number of benzene rings is 1. The van der Waals surface area contributed by atoms with Gasteiger partial charge in [-0.1, -0.05) is 12.1 Å². The largest absolute Gasteiger partial charge is 0.367 e. The van der Waals surface area contributed by atoms with Crippen molar-refractivity contribution in [3.05, 3.63) is 59.4 Å². The molecule has 0 bridgehead atoms. The number of hydrogen-bond donors (Lipinski definition) is 2. The Hall–Kier alpha value is -2.78. The Morgan fingerprint density at radius 3 is 2.44 bits per heavy atom. The third kappa shape index (κ3) is 4.69. The lowest BCUT2D eigenvalue weighted by Gasteiger charge is -2.09. The molecule has 0 saturated carbocycles. The zero-order chi connectivity index (χ0) is 19.4. The number of aromatic nitrogens is 4. The lowest BCUT2D eigenvalue weighted by atomic mass is 10.2. The van der Waals surface area contributed by atoms with E-state index in [1.54, 1.807) is 28.9 Å². The molecule has 0 radical (unpaired) electrons. The van der Waals surface area contributed by atoms with Gasteiger partial charge in [0.25, 0.3) is 0 Å². The van der Waals surface area contributed by atoms with E-state index in [2.05, 4.69) is 25.3 Å². The Morgan fingerprint density at radius 2 is 1.81 bits per heavy atom. The number of aryl methyl sites for hydroxylation is 3. The maximum Gasteiger partial charge on any atom is 0.240 e. The molecule has 0 aliphatic carbocycles. The van der Waals surface area contributed by atoms with Crippen molar-refractivity contribution in [1.29, 1.82) is 0 Å². The summed E-state index contributed by atoms with van der Waals surface area (Å²) in [6.07, 6.45) is 0. The Bertz CT molecular complexity index is 1030. The van der Waals surface area contributed by atoms with Gasteiger partial charge in [-0.25, -0.2) is 17.8 Å². The van der Waals surface area contributed by atoms with Crippen molar-refractivity contribution in [3.63, 3.8) is 0 Å². The van der Waals surface area contributed by atoms with Gasteiger partial charge in [-0.3, -0.25) is 0 Å². The van der Waals surface area contributed by atoms with E-state index in [0.29, 0.717) is 18.2 Å². The number of anilines is 1. The molecule has 2 N–H and O–H groups in total. The van der Waals surface area contributed by atoms with Crippen molar-refractivity contribution >= 4 is 15.8 Å². The minimum Gasteiger partial charge on any atom is -0.367 e. The van der Waals surface area contributed by atoms with Crippen LogP contribution in [0.5, 0.6) is 0 Å². The third-order valence-corrected chi connectivity index (χ3v) is 5.36. The van der Waals surface area contributed by atoms with E-state index in [1.807, 2.05) is 39.0 Å². The summed E-state index contributed by atoms with van der Waals surface area (Å²) in [5.74, 6) is 1.20. The van der Waals surface area contributed by atoms with Crippen LogP contribution in [0.15, 0.2) is 47.4 Å². The molecule has 0 atom stereocenters. The highest BCUT2D eigenvalue weighted by atomic mass is 32.2. The Balaban J connectivity index is 1.54. The highest BCUT2D eigenvalue weighted by Crippen LogP contribution is 2.11. The number of rotatable bonds is 7. The Labute approximate surface area is 158 Å². The summed E-state index contributed by atoms with van der Waals surface area (Å²) >= 11 is 0. The quantitative estimate of drug-likeness (QED) is 0.602. The zero-order valence-corrected chi connectivity index (χ0v) is 16.3. The second-order valence-electron chi connectivity index (χ2n) is 6.26.